The Balaban J connectivity index is 2.10. The number of amides is 1. The Kier molecular flexibility index (Phi) is 4.11. The summed E-state index contributed by atoms with van der Waals surface area (Å²) < 4.78 is 1.78. The van der Waals surface area contributed by atoms with Crippen molar-refractivity contribution >= 4 is 16.9 Å². The van der Waals surface area contributed by atoms with E-state index in [1.807, 2.05) is 26.8 Å². The number of benzene rings is 1. The van der Waals surface area contributed by atoms with Crippen LogP contribution >= 0.6 is 0 Å². The molecule has 19 heavy (non-hydrogen) atoms. The first-order valence-electron chi connectivity index (χ1n) is 6.37. The van der Waals surface area contributed by atoms with Crippen molar-refractivity contribution in [1.82, 2.24) is 20.5 Å². The molecule has 6 heteroatoms. The topological polar surface area (TPSA) is 69.0 Å². The third-order valence-corrected chi connectivity index (χ3v) is 2.66. The van der Waals surface area contributed by atoms with Crippen molar-refractivity contribution in [3.63, 3.8) is 0 Å². The highest BCUT2D eigenvalue weighted by molar-refractivity contribution is 5.96. The zero-order valence-electron chi connectivity index (χ0n) is 11.4. The first-order chi connectivity index (χ1) is 9.11. The molecule has 1 aromatic carbocycles. The van der Waals surface area contributed by atoms with Crippen LogP contribution in [-0.2, 0) is 11.4 Å². The second-order valence-electron chi connectivity index (χ2n) is 4.74. The van der Waals surface area contributed by atoms with E-state index < -0.39 is 0 Å². The second-order valence-corrected chi connectivity index (χ2v) is 4.74. The average molecular weight is 262 g/mol. The normalized spacial score (nSPS) is 11.2. The van der Waals surface area contributed by atoms with Gasteiger partial charge >= 0.3 is 0 Å². The SMILES string of the molecule is CCn1nnc2cc(C(=O)NOCC(C)C)ccc21. The molecule has 0 saturated carbocycles. The summed E-state index contributed by atoms with van der Waals surface area (Å²) in [7, 11) is 0. The summed E-state index contributed by atoms with van der Waals surface area (Å²) in [6.45, 7) is 7.26. The van der Waals surface area contributed by atoms with Gasteiger partial charge in [0.15, 0.2) is 0 Å². The van der Waals surface area contributed by atoms with Gasteiger partial charge in [-0.2, -0.15) is 0 Å². The Bertz CT molecular complexity index is 577. The highest BCUT2D eigenvalue weighted by atomic mass is 16.6. The summed E-state index contributed by atoms with van der Waals surface area (Å²) in [4.78, 5) is 17.0. The van der Waals surface area contributed by atoms with E-state index in [-0.39, 0.29) is 5.91 Å². The molecule has 1 aromatic heterocycles. The molecule has 0 unspecified atom stereocenters. The minimum atomic E-state index is -0.270. The van der Waals surface area contributed by atoms with Gasteiger partial charge in [0.1, 0.15) is 5.52 Å². The smallest absolute Gasteiger partial charge is 0.273 e. The number of nitrogens with zero attached hydrogens (tertiary/aromatic N) is 3. The molecule has 0 saturated heterocycles. The molecular formula is C13H18N4O2. The molecular weight excluding hydrogens is 244 g/mol. The lowest BCUT2D eigenvalue weighted by atomic mass is 10.2. The number of hydrogen-bond acceptors (Lipinski definition) is 4. The first kappa shape index (κ1) is 13.5. The summed E-state index contributed by atoms with van der Waals surface area (Å²) in [5.41, 5.74) is 4.56. The third kappa shape index (κ3) is 3.08. The predicted molar refractivity (Wildman–Crippen MR) is 71.5 cm³/mol. The number of aryl methyl sites for hydroxylation is 1. The van der Waals surface area contributed by atoms with Crippen molar-refractivity contribution in [3.05, 3.63) is 23.8 Å². The van der Waals surface area contributed by atoms with Crippen molar-refractivity contribution in [2.75, 3.05) is 6.61 Å². The molecule has 1 N–H and O–H groups in total. The second kappa shape index (κ2) is 5.79. The van der Waals surface area contributed by atoms with E-state index in [0.29, 0.717) is 23.6 Å². The van der Waals surface area contributed by atoms with Crippen LogP contribution in [0.15, 0.2) is 18.2 Å². The molecule has 0 radical (unpaired) electrons. The van der Waals surface area contributed by atoms with Crippen LogP contribution in [0.2, 0.25) is 0 Å². The maximum absolute atomic E-state index is 11.9. The van der Waals surface area contributed by atoms with E-state index in [2.05, 4.69) is 15.8 Å². The van der Waals surface area contributed by atoms with E-state index in [1.54, 1.807) is 16.8 Å². The van der Waals surface area contributed by atoms with Crippen LogP contribution in [0, 0.1) is 5.92 Å². The van der Waals surface area contributed by atoms with Crippen molar-refractivity contribution in [1.29, 1.82) is 0 Å². The molecule has 6 nitrogen and oxygen atoms in total. The van der Waals surface area contributed by atoms with E-state index in [0.717, 1.165) is 12.1 Å². The molecule has 0 bridgehead atoms. The Hall–Kier alpha value is -1.95. The summed E-state index contributed by atoms with van der Waals surface area (Å²) in [5, 5.41) is 8.04. The molecule has 0 atom stereocenters. The first-order valence-corrected chi connectivity index (χ1v) is 6.37. The lowest BCUT2D eigenvalue weighted by Gasteiger charge is -2.07. The molecule has 2 aromatic rings. The zero-order valence-corrected chi connectivity index (χ0v) is 11.4. The summed E-state index contributed by atoms with van der Waals surface area (Å²) in [6.07, 6.45) is 0. The minimum absolute atomic E-state index is 0.270. The Labute approximate surface area is 111 Å². The van der Waals surface area contributed by atoms with Crippen LogP contribution in [0.1, 0.15) is 31.1 Å². The highest BCUT2D eigenvalue weighted by Crippen LogP contribution is 2.13. The van der Waals surface area contributed by atoms with Gasteiger partial charge in [0.05, 0.1) is 12.1 Å². The molecule has 1 amide bonds. The monoisotopic (exact) mass is 262 g/mol. The summed E-state index contributed by atoms with van der Waals surface area (Å²) in [5.74, 6) is 0.0980. The Morgan fingerprint density at radius 1 is 1.47 bits per heavy atom. The van der Waals surface area contributed by atoms with Gasteiger partial charge in [-0.25, -0.2) is 10.2 Å². The maximum Gasteiger partial charge on any atom is 0.274 e. The van der Waals surface area contributed by atoms with Gasteiger partial charge < -0.3 is 0 Å². The molecule has 0 aliphatic heterocycles. The van der Waals surface area contributed by atoms with Gasteiger partial charge in [-0.3, -0.25) is 9.63 Å². The van der Waals surface area contributed by atoms with E-state index in [9.17, 15) is 4.79 Å². The number of hydrogen-bond donors (Lipinski definition) is 1. The number of aromatic nitrogens is 3. The van der Waals surface area contributed by atoms with Crippen LogP contribution in [0.5, 0.6) is 0 Å². The summed E-state index contributed by atoms with van der Waals surface area (Å²) >= 11 is 0. The Morgan fingerprint density at radius 3 is 2.95 bits per heavy atom. The number of carbonyl (C=O) groups excluding carboxylic acids is 1. The fourth-order valence-electron chi connectivity index (χ4n) is 1.68. The van der Waals surface area contributed by atoms with Crippen molar-refractivity contribution < 1.29 is 9.63 Å². The van der Waals surface area contributed by atoms with Crippen LogP contribution < -0.4 is 5.48 Å². The number of carbonyl (C=O) groups is 1. The minimum Gasteiger partial charge on any atom is -0.273 e. The fourth-order valence-corrected chi connectivity index (χ4v) is 1.68. The van der Waals surface area contributed by atoms with Crippen molar-refractivity contribution in [2.45, 2.75) is 27.3 Å². The molecule has 1 heterocycles. The molecule has 0 fully saturated rings. The Morgan fingerprint density at radius 2 is 2.26 bits per heavy atom. The quantitative estimate of drug-likeness (QED) is 0.834. The van der Waals surface area contributed by atoms with Gasteiger partial charge in [0, 0.05) is 12.1 Å². The van der Waals surface area contributed by atoms with Gasteiger partial charge in [0.25, 0.3) is 5.91 Å². The van der Waals surface area contributed by atoms with Crippen LogP contribution in [0.25, 0.3) is 11.0 Å². The number of fused-ring (bicyclic) bond motifs is 1. The predicted octanol–water partition coefficient (Wildman–Crippen LogP) is 1.77. The van der Waals surface area contributed by atoms with Gasteiger partial charge in [-0.15, -0.1) is 5.10 Å². The largest absolute Gasteiger partial charge is 0.274 e. The standard InChI is InChI=1S/C13H18N4O2/c1-4-17-12-6-5-10(7-11(12)14-16-17)13(18)15-19-8-9(2)3/h5-7,9H,4,8H2,1-3H3,(H,15,18). The van der Waals surface area contributed by atoms with Gasteiger partial charge in [-0.1, -0.05) is 19.1 Å². The average Bonchev–Trinajstić information content (AvgIpc) is 2.80. The highest BCUT2D eigenvalue weighted by Gasteiger charge is 2.09. The lowest BCUT2D eigenvalue weighted by Crippen LogP contribution is -2.25. The van der Waals surface area contributed by atoms with Crippen molar-refractivity contribution in [3.8, 4) is 0 Å². The van der Waals surface area contributed by atoms with Crippen LogP contribution in [0.3, 0.4) is 0 Å². The molecule has 0 aliphatic rings. The van der Waals surface area contributed by atoms with Gasteiger partial charge in [0.2, 0.25) is 0 Å². The van der Waals surface area contributed by atoms with Gasteiger partial charge in [-0.05, 0) is 31.0 Å². The molecule has 2 rings (SSSR count). The van der Waals surface area contributed by atoms with Crippen LogP contribution in [-0.4, -0.2) is 27.5 Å². The molecule has 0 aliphatic carbocycles. The third-order valence-electron chi connectivity index (χ3n) is 2.66. The summed E-state index contributed by atoms with van der Waals surface area (Å²) in [6, 6.07) is 5.30. The van der Waals surface area contributed by atoms with Crippen LogP contribution in [0.4, 0.5) is 0 Å². The van der Waals surface area contributed by atoms with Crippen molar-refractivity contribution in [2.24, 2.45) is 5.92 Å². The maximum atomic E-state index is 11.9. The molecule has 0 spiro atoms. The zero-order chi connectivity index (χ0) is 13.8. The number of hydroxylamine groups is 1. The van der Waals surface area contributed by atoms with E-state index >= 15 is 0 Å². The fraction of sp³-hybridized carbons (Fsp3) is 0.462. The molecule has 102 valence electrons. The lowest BCUT2D eigenvalue weighted by molar-refractivity contribution is 0.0209. The van der Waals surface area contributed by atoms with E-state index in [1.165, 1.54) is 0 Å². The number of rotatable bonds is 5. The number of nitrogens with one attached hydrogen (secondary N) is 1. The van der Waals surface area contributed by atoms with E-state index in [4.69, 9.17) is 4.84 Å².